The topological polar surface area (TPSA) is 108 Å². The Morgan fingerprint density at radius 1 is 0.967 bits per heavy atom. The Morgan fingerprint density at radius 2 is 1.57 bits per heavy atom. The number of aliphatic hydroxyl groups excluding tert-OH is 3. The highest BCUT2D eigenvalue weighted by Gasteiger charge is 2.45. The Hall–Kier alpha value is -0.990. The van der Waals surface area contributed by atoms with Crippen LogP contribution in [0.4, 0.5) is 0 Å². The van der Waals surface area contributed by atoms with Crippen molar-refractivity contribution in [3.63, 3.8) is 0 Å². The number of ether oxygens (including phenoxy) is 2. The van der Waals surface area contributed by atoms with Gasteiger partial charge in [0.05, 0.1) is 6.61 Å². The first-order chi connectivity index (χ1) is 14.5. The van der Waals surface area contributed by atoms with Crippen molar-refractivity contribution in [2.45, 2.75) is 115 Å². The van der Waals surface area contributed by atoms with Crippen LogP contribution >= 0.6 is 0 Å². The third-order valence-electron chi connectivity index (χ3n) is 5.61. The zero-order valence-electron chi connectivity index (χ0n) is 18.8. The number of aliphatic hydroxyl groups is 3. The van der Waals surface area contributed by atoms with E-state index in [1.165, 1.54) is 45.6 Å². The molecule has 1 amide bonds. The van der Waals surface area contributed by atoms with E-state index in [1.807, 2.05) is 0 Å². The molecule has 1 rings (SSSR count). The van der Waals surface area contributed by atoms with Crippen LogP contribution in [0.1, 0.15) is 84.0 Å². The van der Waals surface area contributed by atoms with Gasteiger partial charge in [0.2, 0.25) is 5.91 Å². The molecule has 0 radical (unpaired) electrons. The molecule has 1 saturated heterocycles. The van der Waals surface area contributed by atoms with Gasteiger partial charge in [-0.3, -0.25) is 4.79 Å². The van der Waals surface area contributed by atoms with E-state index < -0.39 is 37.3 Å². The summed E-state index contributed by atoms with van der Waals surface area (Å²) in [7, 11) is 1.39. The minimum atomic E-state index is -1.28. The second-order valence-corrected chi connectivity index (χ2v) is 8.16. The molecule has 7 nitrogen and oxygen atoms in total. The molecule has 1 heterocycles. The Balaban J connectivity index is 2.11. The van der Waals surface area contributed by atoms with Gasteiger partial charge in [0.1, 0.15) is 24.4 Å². The fourth-order valence-electron chi connectivity index (χ4n) is 3.70. The third-order valence-corrected chi connectivity index (χ3v) is 5.61. The van der Waals surface area contributed by atoms with Gasteiger partial charge in [-0.05, 0) is 32.1 Å². The number of carbonyl (C=O) groups is 1. The molecule has 176 valence electrons. The van der Waals surface area contributed by atoms with Crippen molar-refractivity contribution in [1.82, 2.24) is 5.32 Å². The molecule has 7 heteroatoms. The maximum absolute atomic E-state index is 12.2. The van der Waals surface area contributed by atoms with Crippen molar-refractivity contribution in [2.24, 2.45) is 0 Å². The second-order valence-electron chi connectivity index (χ2n) is 8.16. The van der Waals surface area contributed by atoms with Crippen LogP contribution in [-0.4, -0.2) is 65.6 Å². The van der Waals surface area contributed by atoms with E-state index in [2.05, 4.69) is 24.4 Å². The monoisotopic (exact) mass is 429 g/mol. The normalized spacial score (nSPS) is 26.9. The van der Waals surface area contributed by atoms with E-state index >= 15 is 0 Å². The molecule has 0 spiro atoms. The fourth-order valence-corrected chi connectivity index (χ4v) is 3.70. The van der Waals surface area contributed by atoms with Crippen molar-refractivity contribution in [3.05, 3.63) is 12.2 Å². The molecule has 1 aliphatic rings. The number of carbonyl (C=O) groups excluding carboxylic acids is 1. The molecule has 1 fully saturated rings. The van der Waals surface area contributed by atoms with Gasteiger partial charge in [-0.15, -0.1) is 0 Å². The highest BCUT2D eigenvalue weighted by atomic mass is 16.7. The van der Waals surface area contributed by atoms with Crippen LogP contribution in [-0.2, 0) is 14.3 Å². The van der Waals surface area contributed by atoms with Crippen molar-refractivity contribution in [3.8, 4) is 0 Å². The Bertz CT molecular complexity index is 471. The van der Waals surface area contributed by atoms with Crippen LogP contribution in [0.15, 0.2) is 12.2 Å². The molecule has 5 atom stereocenters. The molecule has 30 heavy (non-hydrogen) atoms. The maximum atomic E-state index is 12.2. The summed E-state index contributed by atoms with van der Waals surface area (Å²) in [5, 5.41) is 32.1. The number of allylic oxidation sites excluding steroid dienone is 2. The second kappa shape index (κ2) is 16.7. The quantitative estimate of drug-likeness (QED) is 0.222. The lowest BCUT2D eigenvalue weighted by atomic mass is 9.96. The summed E-state index contributed by atoms with van der Waals surface area (Å²) in [5.74, 6) is -0.203. The van der Waals surface area contributed by atoms with E-state index in [0.717, 1.165) is 32.1 Å². The van der Waals surface area contributed by atoms with Gasteiger partial charge < -0.3 is 30.1 Å². The van der Waals surface area contributed by atoms with Crippen LogP contribution in [0.5, 0.6) is 0 Å². The Kier molecular flexibility index (Phi) is 15.0. The molecule has 4 N–H and O–H groups in total. The summed E-state index contributed by atoms with van der Waals surface area (Å²) >= 11 is 0. The first-order valence-corrected chi connectivity index (χ1v) is 11.6. The summed E-state index contributed by atoms with van der Waals surface area (Å²) in [5.41, 5.74) is 0. The fraction of sp³-hybridized carbons (Fsp3) is 0.870. The minimum Gasteiger partial charge on any atom is -0.394 e. The lowest BCUT2D eigenvalue weighted by Crippen LogP contribution is -2.64. The molecule has 0 aromatic carbocycles. The van der Waals surface area contributed by atoms with E-state index in [1.54, 1.807) is 0 Å². The predicted molar refractivity (Wildman–Crippen MR) is 117 cm³/mol. The van der Waals surface area contributed by atoms with Crippen LogP contribution < -0.4 is 5.32 Å². The lowest BCUT2D eigenvalue weighted by molar-refractivity contribution is -0.262. The van der Waals surface area contributed by atoms with Gasteiger partial charge in [0.25, 0.3) is 0 Å². The number of hydrogen-bond donors (Lipinski definition) is 4. The summed E-state index contributed by atoms with van der Waals surface area (Å²) in [6.07, 6.45) is 13.3. The lowest BCUT2D eigenvalue weighted by Gasteiger charge is -2.41. The molecule has 0 aromatic heterocycles. The standard InChI is InChI=1S/C23H43NO6/c1-3-4-5-6-7-8-9-10-11-12-13-14-15-16-19(26)24-20-22(28)21(27)18(17-25)30-23(20)29-2/h8-9,18,20-23,25,27-28H,3-7,10-17H2,1-2H3,(H,24,26)/b9-8+. The van der Waals surface area contributed by atoms with Gasteiger partial charge in [-0.25, -0.2) is 0 Å². The third kappa shape index (κ3) is 10.4. The van der Waals surface area contributed by atoms with Crippen LogP contribution in [0.25, 0.3) is 0 Å². The molecule has 0 saturated carbocycles. The zero-order valence-corrected chi connectivity index (χ0v) is 18.8. The number of hydrogen-bond acceptors (Lipinski definition) is 6. The van der Waals surface area contributed by atoms with Gasteiger partial charge in [0, 0.05) is 13.5 Å². The zero-order chi connectivity index (χ0) is 22.2. The average Bonchev–Trinajstić information content (AvgIpc) is 2.75. The number of amides is 1. The molecule has 0 bridgehead atoms. The van der Waals surface area contributed by atoms with E-state index in [-0.39, 0.29) is 5.91 Å². The first-order valence-electron chi connectivity index (χ1n) is 11.6. The SMILES string of the molecule is CCCCCC/C=C/CCCCCCCC(=O)NC1C(OC)OC(CO)C(O)C1O. The number of rotatable bonds is 16. The van der Waals surface area contributed by atoms with Crippen LogP contribution in [0, 0.1) is 0 Å². The smallest absolute Gasteiger partial charge is 0.220 e. The minimum absolute atomic E-state index is 0.203. The number of methoxy groups -OCH3 is 1. The average molecular weight is 430 g/mol. The molecule has 0 aromatic rings. The van der Waals surface area contributed by atoms with Crippen LogP contribution in [0.3, 0.4) is 0 Å². The van der Waals surface area contributed by atoms with Gasteiger partial charge in [-0.2, -0.15) is 0 Å². The van der Waals surface area contributed by atoms with Gasteiger partial charge in [0.15, 0.2) is 6.29 Å². The largest absolute Gasteiger partial charge is 0.394 e. The number of nitrogens with one attached hydrogen (secondary N) is 1. The molecule has 5 unspecified atom stereocenters. The summed E-state index contributed by atoms with van der Waals surface area (Å²) in [6.45, 7) is 1.79. The Morgan fingerprint density at radius 3 is 2.17 bits per heavy atom. The van der Waals surface area contributed by atoms with E-state index in [0.29, 0.717) is 6.42 Å². The van der Waals surface area contributed by atoms with Crippen molar-refractivity contribution < 1.29 is 29.6 Å². The van der Waals surface area contributed by atoms with E-state index in [9.17, 15) is 20.1 Å². The maximum Gasteiger partial charge on any atom is 0.220 e. The number of unbranched alkanes of at least 4 members (excludes halogenated alkanes) is 9. The van der Waals surface area contributed by atoms with Gasteiger partial charge in [-0.1, -0.05) is 57.6 Å². The summed E-state index contributed by atoms with van der Waals surface area (Å²) < 4.78 is 10.6. The summed E-state index contributed by atoms with van der Waals surface area (Å²) in [6, 6.07) is -0.867. The van der Waals surface area contributed by atoms with Crippen molar-refractivity contribution in [1.29, 1.82) is 0 Å². The first kappa shape index (κ1) is 27.0. The molecular formula is C23H43NO6. The summed E-state index contributed by atoms with van der Waals surface area (Å²) in [4.78, 5) is 12.2. The van der Waals surface area contributed by atoms with E-state index in [4.69, 9.17) is 9.47 Å². The van der Waals surface area contributed by atoms with Crippen molar-refractivity contribution >= 4 is 5.91 Å². The van der Waals surface area contributed by atoms with Gasteiger partial charge >= 0.3 is 0 Å². The predicted octanol–water partition coefficient (Wildman–Crippen LogP) is 2.81. The van der Waals surface area contributed by atoms with Crippen LogP contribution in [0.2, 0.25) is 0 Å². The highest BCUT2D eigenvalue weighted by Crippen LogP contribution is 2.22. The molecular weight excluding hydrogens is 386 g/mol. The Labute approximate surface area is 181 Å². The molecule has 0 aliphatic carbocycles. The highest BCUT2D eigenvalue weighted by molar-refractivity contribution is 5.76. The molecule has 1 aliphatic heterocycles. The van der Waals surface area contributed by atoms with Crippen molar-refractivity contribution in [2.75, 3.05) is 13.7 Å².